The summed E-state index contributed by atoms with van der Waals surface area (Å²) in [5.41, 5.74) is 2.70. The molecule has 21 heavy (non-hydrogen) atoms. The third kappa shape index (κ3) is 4.57. The second-order valence-electron chi connectivity index (χ2n) is 4.66. The SMILES string of the molecule is COc1ccccc1NC(=O)CNCc1ccc(C)nc1. The van der Waals surface area contributed by atoms with Crippen LogP contribution in [-0.4, -0.2) is 24.5 Å². The molecule has 1 aromatic heterocycles. The van der Waals surface area contributed by atoms with Crippen LogP contribution in [0, 0.1) is 6.92 Å². The second-order valence-corrected chi connectivity index (χ2v) is 4.66. The number of aromatic nitrogens is 1. The molecule has 1 amide bonds. The van der Waals surface area contributed by atoms with Gasteiger partial charge in [-0.3, -0.25) is 9.78 Å². The maximum atomic E-state index is 11.9. The molecular formula is C16H19N3O2. The van der Waals surface area contributed by atoms with Crippen molar-refractivity contribution in [2.24, 2.45) is 0 Å². The molecule has 2 aromatic rings. The first-order chi connectivity index (χ1) is 10.2. The molecule has 5 heteroatoms. The Bertz CT molecular complexity index is 597. The van der Waals surface area contributed by atoms with E-state index in [0.717, 1.165) is 11.3 Å². The van der Waals surface area contributed by atoms with Crippen LogP contribution >= 0.6 is 0 Å². The molecule has 0 saturated carbocycles. The van der Waals surface area contributed by atoms with Crippen molar-refractivity contribution in [2.75, 3.05) is 19.0 Å². The van der Waals surface area contributed by atoms with Crippen LogP contribution in [0.2, 0.25) is 0 Å². The summed E-state index contributed by atoms with van der Waals surface area (Å²) in [5, 5.41) is 5.90. The molecule has 1 heterocycles. The van der Waals surface area contributed by atoms with E-state index in [1.807, 2.05) is 31.2 Å². The minimum Gasteiger partial charge on any atom is -0.495 e. The number of hydrogen-bond donors (Lipinski definition) is 2. The number of para-hydroxylation sites is 2. The molecule has 0 atom stereocenters. The molecule has 0 aliphatic heterocycles. The summed E-state index contributed by atoms with van der Waals surface area (Å²) in [6.45, 7) is 2.77. The van der Waals surface area contributed by atoms with Crippen molar-refractivity contribution < 1.29 is 9.53 Å². The number of anilines is 1. The van der Waals surface area contributed by atoms with Crippen LogP contribution in [0.15, 0.2) is 42.6 Å². The number of aryl methyl sites for hydroxylation is 1. The van der Waals surface area contributed by atoms with Gasteiger partial charge in [0, 0.05) is 18.4 Å². The molecule has 1 aromatic carbocycles. The number of benzene rings is 1. The zero-order valence-corrected chi connectivity index (χ0v) is 12.2. The van der Waals surface area contributed by atoms with Gasteiger partial charge in [-0.2, -0.15) is 0 Å². The van der Waals surface area contributed by atoms with Crippen LogP contribution in [0.3, 0.4) is 0 Å². The van der Waals surface area contributed by atoms with Gasteiger partial charge in [-0.1, -0.05) is 18.2 Å². The molecule has 0 fully saturated rings. The fraction of sp³-hybridized carbons (Fsp3) is 0.250. The second kappa shape index (κ2) is 7.40. The van der Waals surface area contributed by atoms with Gasteiger partial charge in [-0.05, 0) is 30.7 Å². The van der Waals surface area contributed by atoms with Gasteiger partial charge in [0.2, 0.25) is 5.91 Å². The van der Waals surface area contributed by atoms with Gasteiger partial charge in [0.05, 0.1) is 19.3 Å². The Morgan fingerprint density at radius 2 is 2.05 bits per heavy atom. The molecule has 0 bridgehead atoms. The molecule has 110 valence electrons. The summed E-state index contributed by atoms with van der Waals surface area (Å²) in [6, 6.07) is 11.3. The first-order valence-electron chi connectivity index (χ1n) is 6.74. The topological polar surface area (TPSA) is 63.2 Å². The lowest BCUT2D eigenvalue weighted by Gasteiger charge is -2.10. The lowest BCUT2D eigenvalue weighted by Crippen LogP contribution is -2.27. The van der Waals surface area contributed by atoms with Crippen LogP contribution in [-0.2, 0) is 11.3 Å². The number of nitrogens with zero attached hydrogens (tertiary/aromatic N) is 1. The minimum atomic E-state index is -0.112. The molecule has 0 radical (unpaired) electrons. The number of pyridine rings is 1. The van der Waals surface area contributed by atoms with Gasteiger partial charge in [0.15, 0.2) is 0 Å². The molecule has 0 saturated heterocycles. The van der Waals surface area contributed by atoms with Crippen molar-refractivity contribution in [3.63, 3.8) is 0 Å². The predicted octanol–water partition coefficient (Wildman–Crippen LogP) is 2.13. The van der Waals surface area contributed by atoms with Gasteiger partial charge >= 0.3 is 0 Å². The number of hydrogen-bond acceptors (Lipinski definition) is 4. The number of carbonyl (C=O) groups is 1. The van der Waals surface area contributed by atoms with E-state index < -0.39 is 0 Å². The minimum absolute atomic E-state index is 0.112. The van der Waals surface area contributed by atoms with E-state index in [4.69, 9.17) is 4.74 Å². The van der Waals surface area contributed by atoms with Gasteiger partial charge in [0.1, 0.15) is 5.75 Å². The van der Waals surface area contributed by atoms with Crippen LogP contribution < -0.4 is 15.4 Å². The number of carbonyl (C=O) groups excluding carboxylic acids is 1. The first-order valence-corrected chi connectivity index (χ1v) is 6.74. The summed E-state index contributed by atoms with van der Waals surface area (Å²) in [7, 11) is 1.58. The van der Waals surface area contributed by atoms with E-state index >= 15 is 0 Å². The Balaban J connectivity index is 1.81. The average Bonchev–Trinajstić information content (AvgIpc) is 2.50. The van der Waals surface area contributed by atoms with E-state index in [-0.39, 0.29) is 12.5 Å². The zero-order chi connectivity index (χ0) is 15.1. The highest BCUT2D eigenvalue weighted by Gasteiger charge is 2.06. The fourth-order valence-corrected chi connectivity index (χ4v) is 1.87. The number of ether oxygens (including phenoxy) is 1. The third-order valence-electron chi connectivity index (χ3n) is 2.97. The van der Waals surface area contributed by atoms with Crippen molar-refractivity contribution in [2.45, 2.75) is 13.5 Å². The van der Waals surface area contributed by atoms with Crippen molar-refractivity contribution in [1.82, 2.24) is 10.3 Å². The van der Waals surface area contributed by atoms with Crippen molar-refractivity contribution >= 4 is 11.6 Å². The molecule has 0 aliphatic rings. The average molecular weight is 285 g/mol. The van der Waals surface area contributed by atoms with Crippen LogP contribution in [0.25, 0.3) is 0 Å². The highest BCUT2D eigenvalue weighted by molar-refractivity contribution is 5.93. The largest absolute Gasteiger partial charge is 0.495 e. The van der Waals surface area contributed by atoms with E-state index in [1.54, 1.807) is 25.4 Å². The normalized spacial score (nSPS) is 10.2. The quantitative estimate of drug-likeness (QED) is 0.853. The summed E-state index contributed by atoms with van der Waals surface area (Å²) >= 11 is 0. The highest BCUT2D eigenvalue weighted by atomic mass is 16.5. The monoisotopic (exact) mass is 285 g/mol. The van der Waals surface area contributed by atoms with Gasteiger partial charge in [0.25, 0.3) is 0 Å². The maximum absolute atomic E-state index is 11.9. The summed E-state index contributed by atoms with van der Waals surface area (Å²) in [5.74, 6) is 0.535. The van der Waals surface area contributed by atoms with Gasteiger partial charge in [-0.15, -0.1) is 0 Å². The Morgan fingerprint density at radius 1 is 1.24 bits per heavy atom. The number of methoxy groups -OCH3 is 1. The summed E-state index contributed by atoms with van der Waals surface area (Å²) in [4.78, 5) is 16.1. The zero-order valence-electron chi connectivity index (χ0n) is 12.2. The Morgan fingerprint density at radius 3 is 2.76 bits per heavy atom. The highest BCUT2D eigenvalue weighted by Crippen LogP contribution is 2.22. The lowest BCUT2D eigenvalue weighted by atomic mass is 10.2. The number of nitrogens with one attached hydrogen (secondary N) is 2. The van der Waals surface area contributed by atoms with Gasteiger partial charge < -0.3 is 15.4 Å². The number of rotatable bonds is 6. The summed E-state index contributed by atoms with van der Waals surface area (Å²) < 4.78 is 5.19. The Labute approximate surface area is 124 Å². The Kier molecular flexibility index (Phi) is 5.29. The fourth-order valence-electron chi connectivity index (χ4n) is 1.87. The molecule has 2 rings (SSSR count). The van der Waals surface area contributed by atoms with E-state index in [2.05, 4.69) is 15.6 Å². The van der Waals surface area contributed by atoms with E-state index in [1.165, 1.54) is 0 Å². The third-order valence-corrected chi connectivity index (χ3v) is 2.97. The molecular weight excluding hydrogens is 266 g/mol. The smallest absolute Gasteiger partial charge is 0.238 e. The lowest BCUT2D eigenvalue weighted by molar-refractivity contribution is -0.115. The molecule has 5 nitrogen and oxygen atoms in total. The molecule has 0 aliphatic carbocycles. The molecule has 0 unspecified atom stereocenters. The molecule has 0 spiro atoms. The van der Waals surface area contributed by atoms with E-state index in [9.17, 15) is 4.79 Å². The van der Waals surface area contributed by atoms with Crippen LogP contribution in [0.1, 0.15) is 11.3 Å². The van der Waals surface area contributed by atoms with Crippen molar-refractivity contribution in [3.05, 3.63) is 53.9 Å². The first kappa shape index (κ1) is 15.0. The summed E-state index contributed by atoms with van der Waals surface area (Å²) in [6.07, 6.45) is 1.81. The van der Waals surface area contributed by atoms with E-state index in [0.29, 0.717) is 18.0 Å². The van der Waals surface area contributed by atoms with Crippen molar-refractivity contribution in [3.8, 4) is 5.75 Å². The predicted molar refractivity (Wildman–Crippen MR) is 82.3 cm³/mol. The van der Waals surface area contributed by atoms with Crippen molar-refractivity contribution in [1.29, 1.82) is 0 Å². The standard InChI is InChI=1S/C16H19N3O2/c1-12-7-8-13(10-18-12)9-17-11-16(20)19-14-5-3-4-6-15(14)21-2/h3-8,10,17H,9,11H2,1-2H3,(H,19,20). The Hall–Kier alpha value is -2.40. The number of amides is 1. The van der Waals surface area contributed by atoms with Crippen LogP contribution in [0.5, 0.6) is 5.75 Å². The van der Waals surface area contributed by atoms with Gasteiger partial charge in [-0.25, -0.2) is 0 Å². The van der Waals surface area contributed by atoms with Crippen LogP contribution in [0.4, 0.5) is 5.69 Å². The maximum Gasteiger partial charge on any atom is 0.238 e. The molecule has 2 N–H and O–H groups in total.